The minimum Gasteiger partial charge on any atom is -0.378 e. The van der Waals surface area contributed by atoms with Gasteiger partial charge in [-0.3, -0.25) is 10.1 Å². The number of ether oxygens (including phenoxy) is 1. The molecule has 0 saturated carbocycles. The Morgan fingerprint density at radius 1 is 1.28 bits per heavy atom. The molecule has 0 atom stereocenters. The SMILES string of the molecule is Cc1cc(/C=N/Nc2ncc(F)c(N3CCOCC3)n2)c(C)n1-c1cccc([N+](=O)[O-])c1. The monoisotopic (exact) mass is 439 g/mol. The van der Waals surface area contributed by atoms with E-state index in [0.717, 1.165) is 23.1 Å². The number of aromatic nitrogens is 3. The van der Waals surface area contributed by atoms with E-state index in [1.807, 2.05) is 35.4 Å². The van der Waals surface area contributed by atoms with Crippen molar-refractivity contribution in [1.82, 2.24) is 14.5 Å². The van der Waals surface area contributed by atoms with E-state index in [-0.39, 0.29) is 17.5 Å². The number of hydrogen-bond donors (Lipinski definition) is 1. The normalized spacial score (nSPS) is 14.2. The molecule has 10 nitrogen and oxygen atoms in total. The van der Waals surface area contributed by atoms with Crippen molar-refractivity contribution < 1.29 is 14.1 Å². The molecule has 0 spiro atoms. The molecule has 1 aliphatic rings. The Kier molecular flexibility index (Phi) is 6.08. The number of hydrazone groups is 1. The summed E-state index contributed by atoms with van der Waals surface area (Å²) in [6, 6.07) is 8.37. The lowest BCUT2D eigenvalue weighted by Crippen LogP contribution is -2.37. The highest BCUT2D eigenvalue weighted by Crippen LogP contribution is 2.23. The molecule has 1 aromatic carbocycles. The van der Waals surface area contributed by atoms with E-state index in [1.165, 1.54) is 12.1 Å². The zero-order chi connectivity index (χ0) is 22.7. The van der Waals surface area contributed by atoms with Gasteiger partial charge in [0.15, 0.2) is 11.6 Å². The molecule has 0 unspecified atom stereocenters. The van der Waals surface area contributed by atoms with Crippen LogP contribution in [0.1, 0.15) is 17.0 Å². The minimum absolute atomic E-state index is 0.0245. The van der Waals surface area contributed by atoms with Crippen LogP contribution in [0, 0.1) is 29.8 Å². The number of non-ortho nitro benzene ring substituents is 1. The Hall–Kier alpha value is -3.86. The summed E-state index contributed by atoms with van der Waals surface area (Å²) >= 11 is 0. The molecule has 3 aromatic rings. The number of nitro groups is 1. The maximum atomic E-state index is 14.2. The van der Waals surface area contributed by atoms with Crippen molar-refractivity contribution in [3.8, 4) is 5.69 Å². The van der Waals surface area contributed by atoms with E-state index in [2.05, 4.69) is 20.5 Å². The number of nitrogens with zero attached hydrogens (tertiary/aromatic N) is 6. The quantitative estimate of drug-likeness (QED) is 0.357. The number of aryl methyl sites for hydroxylation is 1. The third-order valence-corrected chi connectivity index (χ3v) is 5.17. The molecule has 1 fully saturated rings. The van der Waals surface area contributed by atoms with Gasteiger partial charge in [-0.15, -0.1) is 0 Å². The summed E-state index contributed by atoms with van der Waals surface area (Å²) in [5.41, 5.74) is 6.04. The van der Waals surface area contributed by atoms with E-state index in [9.17, 15) is 14.5 Å². The molecule has 166 valence electrons. The van der Waals surface area contributed by atoms with Gasteiger partial charge < -0.3 is 14.2 Å². The average Bonchev–Trinajstić information content (AvgIpc) is 3.08. The van der Waals surface area contributed by atoms with E-state index in [1.54, 1.807) is 12.3 Å². The fourth-order valence-corrected chi connectivity index (χ4v) is 3.63. The smallest absolute Gasteiger partial charge is 0.271 e. The van der Waals surface area contributed by atoms with Crippen LogP contribution in [0.15, 0.2) is 41.6 Å². The molecule has 32 heavy (non-hydrogen) atoms. The van der Waals surface area contributed by atoms with Crippen molar-refractivity contribution in [2.24, 2.45) is 5.10 Å². The molecular formula is C21H22FN7O3. The molecule has 0 aliphatic carbocycles. The van der Waals surface area contributed by atoms with Gasteiger partial charge in [0.2, 0.25) is 5.95 Å². The number of morpholine rings is 1. The number of hydrogen-bond acceptors (Lipinski definition) is 8. The summed E-state index contributed by atoms with van der Waals surface area (Å²) < 4.78 is 21.4. The molecule has 2 aromatic heterocycles. The summed E-state index contributed by atoms with van der Waals surface area (Å²) in [5, 5.41) is 15.3. The van der Waals surface area contributed by atoms with Gasteiger partial charge in [-0.05, 0) is 26.0 Å². The van der Waals surface area contributed by atoms with Crippen LogP contribution in [0.4, 0.5) is 21.8 Å². The number of anilines is 2. The van der Waals surface area contributed by atoms with Crippen LogP contribution in [-0.2, 0) is 4.74 Å². The van der Waals surface area contributed by atoms with Crippen molar-refractivity contribution >= 4 is 23.7 Å². The fourth-order valence-electron chi connectivity index (χ4n) is 3.63. The Bertz CT molecular complexity index is 1170. The van der Waals surface area contributed by atoms with Gasteiger partial charge in [-0.25, -0.2) is 14.8 Å². The second-order valence-corrected chi connectivity index (χ2v) is 7.27. The number of nitro benzene ring substituents is 1. The molecule has 11 heteroatoms. The van der Waals surface area contributed by atoms with Gasteiger partial charge in [0.05, 0.1) is 36.2 Å². The van der Waals surface area contributed by atoms with Crippen LogP contribution in [0.5, 0.6) is 0 Å². The van der Waals surface area contributed by atoms with E-state index >= 15 is 0 Å². The molecule has 0 bridgehead atoms. The molecule has 4 rings (SSSR count). The summed E-state index contributed by atoms with van der Waals surface area (Å²) in [6.07, 6.45) is 2.72. The van der Waals surface area contributed by atoms with Crippen molar-refractivity contribution in [3.63, 3.8) is 0 Å². The van der Waals surface area contributed by atoms with E-state index < -0.39 is 10.7 Å². The number of rotatable bonds is 6. The Labute approximate surface area is 183 Å². The lowest BCUT2D eigenvalue weighted by Gasteiger charge is -2.27. The summed E-state index contributed by atoms with van der Waals surface area (Å²) in [7, 11) is 0. The van der Waals surface area contributed by atoms with Crippen LogP contribution in [0.3, 0.4) is 0 Å². The predicted octanol–water partition coefficient (Wildman–Crippen LogP) is 3.21. The lowest BCUT2D eigenvalue weighted by molar-refractivity contribution is -0.384. The largest absolute Gasteiger partial charge is 0.378 e. The topological polar surface area (TPSA) is 111 Å². The minimum atomic E-state index is -0.498. The Balaban J connectivity index is 1.53. The van der Waals surface area contributed by atoms with Crippen molar-refractivity contribution in [1.29, 1.82) is 0 Å². The highest BCUT2D eigenvalue weighted by atomic mass is 19.1. The zero-order valence-corrected chi connectivity index (χ0v) is 17.7. The number of nitrogens with one attached hydrogen (secondary N) is 1. The molecule has 0 amide bonds. The van der Waals surface area contributed by atoms with Crippen molar-refractivity contribution in [2.45, 2.75) is 13.8 Å². The van der Waals surface area contributed by atoms with Crippen LogP contribution in [-0.4, -0.2) is 52.0 Å². The second-order valence-electron chi connectivity index (χ2n) is 7.27. The zero-order valence-electron chi connectivity index (χ0n) is 17.7. The molecule has 1 aliphatic heterocycles. The first-order valence-electron chi connectivity index (χ1n) is 10.0. The summed E-state index contributed by atoms with van der Waals surface area (Å²) in [4.78, 5) is 20.7. The highest BCUT2D eigenvalue weighted by molar-refractivity contribution is 5.82. The van der Waals surface area contributed by atoms with Gasteiger partial charge in [0, 0.05) is 42.2 Å². The maximum absolute atomic E-state index is 14.2. The predicted molar refractivity (Wildman–Crippen MR) is 118 cm³/mol. The Morgan fingerprint density at radius 2 is 2.06 bits per heavy atom. The van der Waals surface area contributed by atoms with Gasteiger partial charge in [-0.2, -0.15) is 10.1 Å². The van der Waals surface area contributed by atoms with Crippen LogP contribution < -0.4 is 10.3 Å². The Morgan fingerprint density at radius 3 is 2.81 bits per heavy atom. The van der Waals surface area contributed by atoms with Gasteiger partial charge in [0.1, 0.15) is 0 Å². The molecular weight excluding hydrogens is 417 g/mol. The van der Waals surface area contributed by atoms with Gasteiger partial charge in [-0.1, -0.05) is 6.07 Å². The van der Waals surface area contributed by atoms with Gasteiger partial charge in [0.25, 0.3) is 5.69 Å². The van der Waals surface area contributed by atoms with Crippen molar-refractivity contribution in [3.05, 3.63) is 69.4 Å². The van der Waals surface area contributed by atoms with Crippen LogP contribution >= 0.6 is 0 Å². The first kappa shape index (κ1) is 21.4. The van der Waals surface area contributed by atoms with E-state index in [0.29, 0.717) is 32.0 Å². The van der Waals surface area contributed by atoms with Gasteiger partial charge >= 0.3 is 0 Å². The second kappa shape index (κ2) is 9.10. The third kappa shape index (κ3) is 4.42. The molecule has 0 radical (unpaired) electrons. The summed E-state index contributed by atoms with van der Waals surface area (Å²) in [5.74, 6) is -0.108. The molecule has 3 heterocycles. The van der Waals surface area contributed by atoms with Crippen LogP contribution in [0.25, 0.3) is 5.69 Å². The standard InChI is InChI=1S/C21H22FN7O3/c1-14-10-16(15(2)28(14)17-4-3-5-18(11-17)29(30)31)12-24-26-21-23-13-19(22)20(25-21)27-6-8-32-9-7-27/h3-5,10-13H,6-9H2,1-2H3,(H,23,25,26)/b24-12+. The number of benzene rings is 1. The molecule has 1 saturated heterocycles. The fraction of sp³-hybridized carbons (Fsp3) is 0.286. The third-order valence-electron chi connectivity index (χ3n) is 5.17. The lowest BCUT2D eigenvalue weighted by atomic mass is 10.2. The summed E-state index contributed by atoms with van der Waals surface area (Å²) in [6.45, 7) is 5.96. The van der Waals surface area contributed by atoms with Crippen LogP contribution in [0.2, 0.25) is 0 Å². The first-order valence-corrected chi connectivity index (χ1v) is 10.0. The molecule has 1 N–H and O–H groups in total. The average molecular weight is 439 g/mol. The number of halogens is 1. The first-order chi connectivity index (χ1) is 15.4. The highest BCUT2D eigenvalue weighted by Gasteiger charge is 2.18. The van der Waals surface area contributed by atoms with Crippen molar-refractivity contribution in [2.75, 3.05) is 36.6 Å². The van der Waals surface area contributed by atoms with E-state index in [4.69, 9.17) is 4.74 Å². The maximum Gasteiger partial charge on any atom is 0.271 e.